The monoisotopic (exact) mass is 780 g/mol. The number of benzene rings is 3. The van der Waals surface area contributed by atoms with Crippen molar-refractivity contribution in [2.75, 3.05) is 45.3 Å². The molecule has 4 heterocycles. The number of rotatable bonds is 20. The molecule has 3 aromatic carbocycles. The number of Topliss-reactive ketones (excluding diaryl/α,β-unsaturated/α-hetero) is 1. The Balaban J connectivity index is 0.823. The maximum Gasteiger partial charge on any atom is 0.256 e. The summed E-state index contributed by atoms with van der Waals surface area (Å²) in [6.45, 7) is 1.99. The highest BCUT2D eigenvalue weighted by molar-refractivity contribution is 8.00. The van der Waals surface area contributed by atoms with Crippen LogP contribution in [0, 0.1) is 5.92 Å². The van der Waals surface area contributed by atoms with E-state index >= 15 is 0 Å². The Morgan fingerprint density at radius 3 is 2.45 bits per heavy atom. The minimum Gasteiger partial charge on any atom is -0.466 e. The lowest BCUT2D eigenvalue weighted by atomic mass is 9.81. The van der Waals surface area contributed by atoms with Gasteiger partial charge in [0, 0.05) is 67.8 Å². The number of ketones is 1. The number of amides is 3. The minimum absolute atomic E-state index is 0.130. The van der Waals surface area contributed by atoms with Crippen LogP contribution in [0.3, 0.4) is 0 Å². The highest BCUT2D eigenvalue weighted by Gasteiger charge is 2.57. The molecule has 4 aliphatic heterocycles. The molecule has 56 heavy (non-hydrogen) atoms. The number of hydrogen-bond acceptors (Lipinski definition) is 9. The zero-order valence-corrected chi connectivity index (χ0v) is 32.7. The number of nitrogens with zero attached hydrogens (tertiary/aromatic N) is 2. The van der Waals surface area contributed by atoms with Crippen LogP contribution >= 0.6 is 11.8 Å². The Kier molecular flexibility index (Phi) is 13.5. The number of nitrogens with one attached hydrogen (secondary N) is 2. The molecule has 0 aromatic heterocycles. The standard InChI is InChI=1S/C44H52N4O7S/c49-35(17-8-10-20-37-40-34(30-56-37)26-38(50)46-40)18-11-22-53-24-25-54-23-21-45-39(51)29-48-28-33-16-7-9-19-36(33)41-44(43(48)52,27-31-12-3-1-4-13-31)47-42(55-41)32-14-5-2-6-15-32/h1-7,9,12-16,19,34,37,40-41H,8,10-11,17-18,20-30H2,(H,45,51)(H,46,50)/t34?,37?,40?,41-,44-/m0/s1. The van der Waals surface area contributed by atoms with Gasteiger partial charge < -0.3 is 29.7 Å². The van der Waals surface area contributed by atoms with E-state index in [1.54, 1.807) is 4.90 Å². The second-order valence-corrected chi connectivity index (χ2v) is 16.4. The van der Waals surface area contributed by atoms with E-state index in [1.807, 2.05) is 96.7 Å². The van der Waals surface area contributed by atoms with Gasteiger partial charge >= 0.3 is 0 Å². The van der Waals surface area contributed by atoms with Crippen LogP contribution in [0.15, 0.2) is 89.9 Å². The summed E-state index contributed by atoms with van der Waals surface area (Å²) in [5, 5.41) is 6.52. The number of aliphatic imine (C=N–C) groups is 1. The zero-order chi connectivity index (χ0) is 38.7. The minimum atomic E-state index is -1.30. The van der Waals surface area contributed by atoms with Crippen LogP contribution in [-0.4, -0.2) is 96.4 Å². The largest absolute Gasteiger partial charge is 0.466 e. The van der Waals surface area contributed by atoms with Crippen molar-refractivity contribution >= 4 is 41.2 Å². The number of ether oxygens (including phenoxy) is 3. The average Bonchev–Trinajstić information content (AvgIpc) is 3.89. The number of carbonyl (C=O) groups is 4. The lowest BCUT2D eigenvalue weighted by Gasteiger charge is -2.32. The predicted molar refractivity (Wildman–Crippen MR) is 215 cm³/mol. The quantitative estimate of drug-likeness (QED) is 0.149. The van der Waals surface area contributed by atoms with Gasteiger partial charge in [-0.1, -0.05) is 79.2 Å². The normalized spacial score (nSPS) is 23.7. The summed E-state index contributed by atoms with van der Waals surface area (Å²) in [5.74, 6) is 1.88. The molecule has 0 spiro atoms. The maximum atomic E-state index is 14.7. The maximum absolute atomic E-state index is 14.7. The van der Waals surface area contributed by atoms with E-state index in [1.165, 1.54) is 0 Å². The van der Waals surface area contributed by atoms with Gasteiger partial charge in [0.25, 0.3) is 5.91 Å². The Hall–Kier alpha value is -4.52. The summed E-state index contributed by atoms with van der Waals surface area (Å²) < 4.78 is 17.9. The third-order valence-electron chi connectivity index (χ3n) is 11.1. The van der Waals surface area contributed by atoms with E-state index in [4.69, 9.17) is 19.2 Å². The van der Waals surface area contributed by atoms with Gasteiger partial charge in [0.05, 0.1) is 26.4 Å². The molecule has 0 aliphatic carbocycles. The third-order valence-corrected chi connectivity index (χ3v) is 12.7. The fourth-order valence-electron chi connectivity index (χ4n) is 8.28. The molecule has 296 valence electrons. The molecule has 3 aromatic rings. The molecule has 2 N–H and O–H groups in total. The van der Waals surface area contributed by atoms with Crippen molar-refractivity contribution in [2.45, 2.75) is 80.8 Å². The predicted octanol–water partition coefficient (Wildman–Crippen LogP) is 5.21. The molecule has 3 unspecified atom stereocenters. The smallest absolute Gasteiger partial charge is 0.256 e. The molecule has 0 saturated carbocycles. The van der Waals surface area contributed by atoms with Crippen LogP contribution in [-0.2, 0) is 46.4 Å². The molecule has 12 heteroatoms. The van der Waals surface area contributed by atoms with Crippen LogP contribution in [0.5, 0.6) is 0 Å². The van der Waals surface area contributed by atoms with Crippen molar-refractivity contribution in [1.82, 2.24) is 15.5 Å². The van der Waals surface area contributed by atoms with Gasteiger partial charge in [-0.25, -0.2) is 4.99 Å². The fraction of sp³-hybridized carbons (Fsp3) is 0.477. The first-order valence-corrected chi connectivity index (χ1v) is 21.0. The molecule has 3 amide bonds. The van der Waals surface area contributed by atoms with Crippen molar-refractivity contribution in [3.8, 4) is 0 Å². The number of carbonyl (C=O) groups excluding carboxylic acids is 4. The van der Waals surface area contributed by atoms with Crippen molar-refractivity contribution in [1.29, 1.82) is 0 Å². The van der Waals surface area contributed by atoms with Gasteiger partial charge in [0.2, 0.25) is 17.7 Å². The summed E-state index contributed by atoms with van der Waals surface area (Å²) >= 11 is 1.97. The molecule has 2 saturated heterocycles. The van der Waals surface area contributed by atoms with Gasteiger partial charge in [-0.15, -0.1) is 0 Å². The van der Waals surface area contributed by atoms with Gasteiger partial charge in [-0.3, -0.25) is 19.2 Å². The van der Waals surface area contributed by atoms with Gasteiger partial charge in [-0.05, 0) is 54.2 Å². The molecular weight excluding hydrogens is 729 g/mol. The first-order chi connectivity index (χ1) is 27.4. The van der Waals surface area contributed by atoms with Crippen LogP contribution in [0.2, 0.25) is 0 Å². The topological polar surface area (TPSA) is 136 Å². The second kappa shape index (κ2) is 19.1. The van der Waals surface area contributed by atoms with E-state index in [0.29, 0.717) is 88.2 Å². The number of hydrogen-bond donors (Lipinski definition) is 2. The molecule has 2 fully saturated rings. The van der Waals surface area contributed by atoms with E-state index in [9.17, 15) is 19.2 Å². The zero-order valence-electron chi connectivity index (χ0n) is 31.9. The van der Waals surface area contributed by atoms with Gasteiger partial charge in [0.15, 0.2) is 11.6 Å². The van der Waals surface area contributed by atoms with E-state index < -0.39 is 11.6 Å². The summed E-state index contributed by atoms with van der Waals surface area (Å²) in [6.07, 6.45) is 5.07. The van der Waals surface area contributed by atoms with Crippen molar-refractivity contribution < 1.29 is 33.4 Å². The summed E-state index contributed by atoms with van der Waals surface area (Å²) in [5.41, 5.74) is 2.25. The van der Waals surface area contributed by atoms with Crippen LogP contribution < -0.4 is 10.6 Å². The fourth-order valence-corrected chi connectivity index (χ4v) is 9.93. The molecule has 4 aliphatic rings. The molecule has 11 nitrogen and oxygen atoms in total. The van der Waals surface area contributed by atoms with Gasteiger partial charge in [0.1, 0.15) is 5.78 Å². The molecular formula is C44H52N4O7S. The average molecular weight is 781 g/mol. The van der Waals surface area contributed by atoms with E-state index in [0.717, 1.165) is 47.3 Å². The summed E-state index contributed by atoms with van der Waals surface area (Å²) in [4.78, 5) is 58.7. The van der Waals surface area contributed by atoms with Gasteiger partial charge in [-0.2, -0.15) is 11.8 Å². The second-order valence-electron chi connectivity index (χ2n) is 15.1. The number of unbranched alkanes of at least 4 members (excludes halogenated alkanes) is 1. The Labute approximate surface area is 333 Å². The highest BCUT2D eigenvalue weighted by Crippen LogP contribution is 2.46. The van der Waals surface area contributed by atoms with Crippen LogP contribution in [0.1, 0.15) is 73.3 Å². The third kappa shape index (κ3) is 9.70. The first-order valence-electron chi connectivity index (χ1n) is 20.0. The summed E-state index contributed by atoms with van der Waals surface area (Å²) in [6, 6.07) is 27.6. The van der Waals surface area contributed by atoms with Crippen LogP contribution in [0.25, 0.3) is 0 Å². The molecule has 5 atom stereocenters. The Morgan fingerprint density at radius 2 is 1.62 bits per heavy atom. The Bertz CT molecular complexity index is 1860. The highest BCUT2D eigenvalue weighted by atomic mass is 32.2. The lowest BCUT2D eigenvalue weighted by Crippen LogP contribution is -2.52. The van der Waals surface area contributed by atoms with Crippen molar-refractivity contribution in [3.63, 3.8) is 0 Å². The van der Waals surface area contributed by atoms with E-state index in [2.05, 4.69) is 10.6 Å². The number of thioether (sulfide) groups is 1. The van der Waals surface area contributed by atoms with E-state index in [-0.39, 0.29) is 36.6 Å². The number of fused-ring (bicyclic) bond motifs is 4. The summed E-state index contributed by atoms with van der Waals surface area (Å²) in [7, 11) is 0. The molecule has 0 radical (unpaired) electrons. The van der Waals surface area contributed by atoms with Crippen molar-refractivity contribution in [3.05, 3.63) is 107 Å². The molecule has 0 bridgehead atoms. The Morgan fingerprint density at radius 1 is 0.893 bits per heavy atom. The van der Waals surface area contributed by atoms with Crippen LogP contribution in [0.4, 0.5) is 0 Å². The molecule has 7 rings (SSSR count). The first kappa shape index (κ1) is 39.7. The van der Waals surface area contributed by atoms with Crippen molar-refractivity contribution in [2.24, 2.45) is 10.9 Å². The lowest BCUT2D eigenvalue weighted by molar-refractivity contribution is -0.143. The SMILES string of the molecule is O=C(CCCCC1SCC2CC(=O)NC21)CCCOCCOCCNC(=O)CN1Cc2ccccc2[C@@H]2OC(c3ccccc3)=N[C@]2(Cc2ccccc2)C1=O.